The highest BCUT2D eigenvalue weighted by Gasteiger charge is 2.31. The molecular formula is C20H31NO3S. The van der Waals surface area contributed by atoms with Crippen molar-refractivity contribution in [3.8, 4) is 0 Å². The molecule has 1 saturated heterocycles. The quantitative estimate of drug-likeness (QED) is 0.818. The lowest BCUT2D eigenvalue weighted by Gasteiger charge is -2.39. The second kappa shape index (κ2) is 7.48. The fourth-order valence-corrected chi connectivity index (χ4v) is 4.91. The number of nitrogens with zero attached hydrogens (tertiary/aromatic N) is 1. The molecule has 0 bridgehead atoms. The molecule has 1 aromatic rings. The Labute approximate surface area is 152 Å². The van der Waals surface area contributed by atoms with Crippen LogP contribution in [0.4, 0.5) is 0 Å². The molecule has 0 unspecified atom stereocenters. The summed E-state index contributed by atoms with van der Waals surface area (Å²) < 4.78 is 25.0. The molecule has 2 atom stereocenters. The summed E-state index contributed by atoms with van der Waals surface area (Å²) >= 11 is 0. The van der Waals surface area contributed by atoms with E-state index in [2.05, 4.69) is 20.8 Å². The number of benzene rings is 1. The van der Waals surface area contributed by atoms with E-state index in [0.29, 0.717) is 0 Å². The number of piperidine rings is 1. The monoisotopic (exact) mass is 365 g/mol. The van der Waals surface area contributed by atoms with Crippen molar-refractivity contribution in [2.75, 3.05) is 5.75 Å². The Balaban J connectivity index is 2.05. The van der Waals surface area contributed by atoms with Gasteiger partial charge in [-0.05, 0) is 49.7 Å². The van der Waals surface area contributed by atoms with E-state index in [4.69, 9.17) is 0 Å². The summed E-state index contributed by atoms with van der Waals surface area (Å²) in [6, 6.07) is 7.90. The topological polar surface area (TPSA) is 54.5 Å². The van der Waals surface area contributed by atoms with Crippen LogP contribution in [0.2, 0.25) is 0 Å². The molecule has 1 aliphatic rings. The number of hydrogen-bond donors (Lipinski definition) is 0. The predicted octanol–water partition coefficient (Wildman–Crippen LogP) is 3.69. The lowest BCUT2D eigenvalue weighted by atomic mass is 9.87. The first-order valence-electron chi connectivity index (χ1n) is 9.10. The number of carbonyl (C=O) groups excluding carboxylic acids is 1. The first-order valence-corrected chi connectivity index (χ1v) is 10.9. The van der Waals surface area contributed by atoms with Gasteiger partial charge in [-0.15, -0.1) is 0 Å². The van der Waals surface area contributed by atoms with Crippen LogP contribution in [0.3, 0.4) is 0 Å². The molecular weight excluding hydrogens is 334 g/mol. The van der Waals surface area contributed by atoms with Gasteiger partial charge in [0.1, 0.15) is 5.75 Å². The van der Waals surface area contributed by atoms with Crippen LogP contribution in [0.25, 0.3) is 0 Å². The zero-order valence-electron chi connectivity index (χ0n) is 16.1. The van der Waals surface area contributed by atoms with Gasteiger partial charge >= 0.3 is 0 Å². The summed E-state index contributed by atoms with van der Waals surface area (Å²) in [4.78, 5) is 14.3. The molecule has 4 nitrogen and oxygen atoms in total. The molecule has 140 valence electrons. The molecule has 25 heavy (non-hydrogen) atoms. The van der Waals surface area contributed by atoms with Crippen LogP contribution in [0.15, 0.2) is 24.3 Å². The highest BCUT2D eigenvalue weighted by molar-refractivity contribution is 7.91. The third kappa shape index (κ3) is 5.30. The number of hydrogen-bond acceptors (Lipinski definition) is 3. The highest BCUT2D eigenvalue weighted by atomic mass is 32.2. The van der Waals surface area contributed by atoms with E-state index in [-0.39, 0.29) is 29.2 Å². The Hall–Kier alpha value is -1.36. The average Bonchev–Trinajstić information content (AvgIpc) is 2.45. The van der Waals surface area contributed by atoms with Crippen molar-refractivity contribution in [2.45, 2.75) is 77.1 Å². The third-order valence-corrected chi connectivity index (χ3v) is 6.49. The summed E-state index contributed by atoms with van der Waals surface area (Å²) in [6.07, 6.45) is 2.99. The van der Waals surface area contributed by atoms with Gasteiger partial charge in [-0.1, -0.05) is 45.0 Å². The molecule has 0 spiro atoms. The van der Waals surface area contributed by atoms with E-state index < -0.39 is 15.6 Å². The number of sulfone groups is 1. The molecule has 0 aromatic heterocycles. The van der Waals surface area contributed by atoms with Gasteiger partial charge in [-0.3, -0.25) is 4.79 Å². The summed E-state index contributed by atoms with van der Waals surface area (Å²) in [5.74, 6) is -0.742. The van der Waals surface area contributed by atoms with E-state index in [0.717, 1.165) is 24.8 Å². The summed E-state index contributed by atoms with van der Waals surface area (Å²) in [7, 11) is -3.47. The van der Waals surface area contributed by atoms with Gasteiger partial charge < -0.3 is 4.90 Å². The van der Waals surface area contributed by atoms with Gasteiger partial charge in [0.15, 0.2) is 9.84 Å². The van der Waals surface area contributed by atoms with Crippen molar-refractivity contribution in [3.63, 3.8) is 0 Å². The van der Waals surface area contributed by atoms with Gasteiger partial charge in [0.25, 0.3) is 0 Å². The number of rotatable bonds is 4. The van der Waals surface area contributed by atoms with Gasteiger partial charge in [0, 0.05) is 12.1 Å². The van der Waals surface area contributed by atoms with E-state index in [1.165, 1.54) is 5.56 Å². The lowest BCUT2D eigenvalue weighted by molar-refractivity contribution is -0.134. The molecule has 0 saturated carbocycles. The fraction of sp³-hybridized carbons (Fsp3) is 0.650. The van der Waals surface area contributed by atoms with Gasteiger partial charge in [0.2, 0.25) is 5.91 Å². The zero-order valence-corrected chi connectivity index (χ0v) is 16.9. The van der Waals surface area contributed by atoms with Crippen LogP contribution in [0.5, 0.6) is 0 Å². The normalized spacial score (nSPS) is 22.0. The first-order chi connectivity index (χ1) is 11.5. The minimum Gasteiger partial charge on any atom is -0.336 e. The Morgan fingerprint density at radius 3 is 2.08 bits per heavy atom. The second-order valence-corrected chi connectivity index (χ2v) is 10.5. The molecule has 0 aliphatic carbocycles. The standard InChI is InChI=1S/C20H31NO3S/c1-15-7-6-8-16(2)21(15)19(22)14-25(23,24)13-17-9-11-18(12-10-17)20(3,4)5/h9-12,15-16H,6-8,13-14H2,1-5H3/t15-,16+. The van der Waals surface area contributed by atoms with Crippen LogP contribution in [0, 0.1) is 0 Å². The van der Waals surface area contributed by atoms with Crippen LogP contribution in [-0.4, -0.2) is 37.1 Å². The van der Waals surface area contributed by atoms with Gasteiger partial charge in [-0.2, -0.15) is 0 Å². The van der Waals surface area contributed by atoms with Crippen LogP contribution < -0.4 is 0 Å². The molecule has 0 N–H and O–H groups in total. The van der Waals surface area contributed by atoms with Crippen molar-refractivity contribution < 1.29 is 13.2 Å². The third-order valence-electron chi connectivity index (χ3n) is 5.03. The Morgan fingerprint density at radius 1 is 1.08 bits per heavy atom. The number of carbonyl (C=O) groups is 1. The minimum absolute atomic E-state index is 0.0356. The maximum absolute atomic E-state index is 12.6. The Morgan fingerprint density at radius 2 is 1.60 bits per heavy atom. The minimum atomic E-state index is -3.47. The van der Waals surface area contributed by atoms with Gasteiger partial charge in [-0.25, -0.2) is 8.42 Å². The highest BCUT2D eigenvalue weighted by Crippen LogP contribution is 2.24. The van der Waals surface area contributed by atoms with Gasteiger partial charge in [0.05, 0.1) is 5.75 Å². The molecule has 5 heteroatoms. The number of amides is 1. The van der Waals surface area contributed by atoms with Crippen molar-refractivity contribution in [2.24, 2.45) is 0 Å². The fourth-order valence-electron chi connectivity index (χ4n) is 3.58. The van der Waals surface area contributed by atoms with Crippen molar-refractivity contribution >= 4 is 15.7 Å². The Kier molecular flexibility index (Phi) is 5.97. The van der Waals surface area contributed by atoms with Crippen LogP contribution >= 0.6 is 0 Å². The van der Waals surface area contributed by atoms with Crippen LogP contribution in [-0.2, 0) is 25.8 Å². The molecule has 1 aromatic carbocycles. The molecule has 0 radical (unpaired) electrons. The smallest absolute Gasteiger partial charge is 0.238 e. The SMILES string of the molecule is C[C@@H]1CCC[C@H](C)N1C(=O)CS(=O)(=O)Cc1ccc(C(C)(C)C)cc1. The average molecular weight is 366 g/mol. The molecule has 1 fully saturated rings. The van der Waals surface area contributed by atoms with E-state index in [1.807, 2.05) is 38.1 Å². The maximum Gasteiger partial charge on any atom is 0.238 e. The summed E-state index contributed by atoms with van der Waals surface area (Å²) in [5.41, 5.74) is 1.94. The molecule has 1 amide bonds. The molecule has 1 heterocycles. The number of likely N-dealkylation sites (tertiary alicyclic amines) is 1. The van der Waals surface area contributed by atoms with Crippen molar-refractivity contribution in [3.05, 3.63) is 35.4 Å². The molecule has 1 aliphatic heterocycles. The van der Waals surface area contributed by atoms with E-state index in [1.54, 1.807) is 4.90 Å². The van der Waals surface area contributed by atoms with Crippen molar-refractivity contribution in [1.82, 2.24) is 4.90 Å². The zero-order chi connectivity index (χ0) is 18.8. The van der Waals surface area contributed by atoms with Crippen molar-refractivity contribution in [1.29, 1.82) is 0 Å². The summed E-state index contributed by atoms with van der Waals surface area (Å²) in [6.45, 7) is 10.4. The van der Waals surface area contributed by atoms with E-state index >= 15 is 0 Å². The first kappa shape index (κ1) is 20.0. The molecule has 2 rings (SSSR count). The van der Waals surface area contributed by atoms with Crippen LogP contribution in [0.1, 0.15) is 65.0 Å². The largest absolute Gasteiger partial charge is 0.336 e. The second-order valence-electron chi connectivity index (χ2n) is 8.41. The predicted molar refractivity (Wildman–Crippen MR) is 102 cm³/mol. The maximum atomic E-state index is 12.6. The lowest BCUT2D eigenvalue weighted by Crippen LogP contribution is -2.49. The summed E-state index contributed by atoms with van der Waals surface area (Å²) in [5, 5.41) is 0. The van der Waals surface area contributed by atoms with E-state index in [9.17, 15) is 13.2 Å². The Bertz CT molecular complexity index is 691.